The molecular formula is C12H22N2O5. The van der Waals surface area contributed by atoms with E-state index in [0.29, 0.717) is 19.6 Å². The number of amides is 1. The summed E-state index contributed by atoms with van der Waals surface area (Å²) in [6, 6.07) is 0. The molecule has 2 heterocycles. The summed E-state index contributed by atoms with van der Waals surface area (Å²) >= 11 is 0. The number of carbonyl (C=O) groups is 1. The highest BCUT2D eigenvalue weighted by Crippen LogP contribution is 2.35. The lowest BCUT2D eigenvalue weighted by atomic mass is 10.1. The Morgan fingerprint density at radius 3 is 2.95 bits per heavy atom. The molecule has 4 N–H and O–H groups in total. The molecule has 110 valence electrons. The summed E-state index contributed by atoms with van der Waals surface area (Å²) in [6.07, 6.45) is -0.865. The van der Waals surface area contributed by atoms with Crippen LogP contribution in [0.4, 0.5) is 0 Å². The fourth-order valence-corrected chi connectivity index (χ4v) is 2.61. The maximum atomic E-state index is 11.6. The lowest BCUT2D eigenvalue weighted by Crippen LogP contribution is -2.37. The number of hydrogen-bond acceptors (Lipinski definition) is 6. The predicted molar refractivity (Wildman–Crippen MR) is 66.5 cm³/mol. The topological polar surface area (TPSA) is 103 Å². The van der Waals surface area contributed by atoms with Crippen LogP contribution >= 0.6 is 0 Å². The second-order valence-corrected chi connectivity index (χ2v) is 4.94. The van der Waals surface area contributed by atoms with E-state index in [-0.39, 0.29) is 43.3 Å². The predicted octanol–water partition coefficient (Wildman–Crippen LogP) is -1.62. The fraction of sp³-hybridized carbons (Fsp3) is 0.917. The Labute approximate surface area is 112 Å². The highest BCUT2D eigenvalue weighted by atomic mass is 16.6. The normalized spacial score (nSPS) is 37.3. The molecule has 5 atom stereocenters. The smallest absolute Gasteiger partial charge is 0.222 e. The Morgan fingerprint density at radius 1 is 1.53 bits per heavy atom. The summed E-state index contributed by atoms with van der Waals surface area (Å²) in [5.74, 6) is -0.0770. The van der Waals surface area contributed by atoms with Gasteiger partial charge < -0.3 is 30.4 Å². The molecule has 0 aliphatic carbocycles. The Kier molecular flexibility index (Phi) is 5.12. The molecule has 0 aromatic heterocycles. The summed E-state index contributed by atoms with van der Waals surface area (Å²) in [5.41, 5.74) is 5.49. The molecule has 0 bridgehead atoms. The van der Waals surface area contributed by atoms with E-state index in [4.69, 9.17) is 19.9 Å². The molecule has 7 nitrogen and oxygen atoms in total. The number of nitrogens with two attached hydrogens (primary N) is 1. The van der Waals surface area contributed by atoms with Crippen LogP contribution in [0.1, 0.15) is 12.8 Å². The van der Waals surface area contributed by atoms with Gasteiger partial charge in [0.15, 0.2) is 0 Å². The minimum absolute atomic E-state index is 0.0770. The van der Waals surface area contributed by atoms with Crippen molar-refractivity contribution in [3.8, 4) is 0 Å². The van der Waals surface area contributed by atoms with Gasteiger partial charge in [0.1, 0.15) is 12.2 Å². The first-order valence-corrected chi connectivity index (χ1v) is 6.60. The maximum absolute atomic E-state index is 11.6. The molecule has 0 saturated carbocycles. The standard InChI is InChI=1S/C12H22N2O5/c1-17-3-2-14-10(15)5-7-4-8-12(18-7)11(16)9(6-13)19-8/h7-9,11-12,16H,2-6,13H2,1H3,(H,14,15). The van der Waals surface area contributed by atoms with Gasteiger partial charge in [0.05, 0.1) is 31.3 Å². The second kappa shape index (κ2) is 6.62. The number of rotatable bonds is 6. The number of fused-ring (bicyclic) bond motifs is 1. The quantitative estimate of drug-likeness (QED) is 0.503. The lowest BCUT2D eigenvalue weighted by molar-refractivity contribution is -0.124. The third kappa shape index (κ3) is 3.43. The molecule has 0 spiro atoms. The Bertz CT molecular complexity index is 314. The molecule has 1 amide bonds. The van der Waals surface area contributed by atoms with Gasteiger partial charge in [0, 0.05) is 26.6 Å². The molecule has 2 aliphatic rings. The van der Waals surface area contributed by atoms with E-state index in [1.54, 1.807) is 7.11 Å². The van der Waals surface area contributed by atoms with E-state index < -0.39 is 6.10 Å². The second-order valence-electron chi connectivity index (χ2n) is 4.94. The Balaban J connectivity index is 1.73. The van der Waals surface area contributed by atoms with Crippen molar-refractivity contribution in [2.75, 3.05) is 26.8 Å². The zero-order valence-electron chi connectivity index (χ0n) is 11.1. The van der Waals surface area contributed by atoms with E-state index in [1.807, 2.05) is 0 Å². The van der Waals surface area contributed by atoms with Crippen LogP contribution in [-0.2, 0) is 19.0 Å². The molecule has 0 aromatic rings. The third-order valence-corrected chi connectivity index (χ3v) is 3.55. The van der Waals surface area contributed by atoms with Crippen molar-refractivity contribution in [2.24, 2.45) is 5.73 Å². The van der Waals surface area contributed by atoms with E-state index >= 15 is 0 Å². The zero-order valence-corrected chi connectivity index (χ0v) is 11.1. The average Bonchev–Trinajstić information content (AvgIpc) is 2.89. The summed E-state index contributed by atoms with van der Waals surface area (Å²) in [7, 11) is 1.58. The van der Waals surface area contributed by atoms with Gasteiger partial charge in [0.25, 0.3) is 0 Å². The van der Waals surface area contributed by atoms with Crippen molar-refractivity contribution in [1.29, 1.82) is 0 Å². The SMILES string of the molecule is COCCNC(=O)CC1CC2OC(CN)C(O)C2O1. The van der Waals surface area contributed by atoms with Crippen molar-refractivity contribution < 1.29 is 24.1 Å². The Morgan fingerprint density at radius 2 is 2.32 bits per heavy atom. The molecule has 2 rings (SSSR count). The molecular weight excluding hydrogens is 252 g/mol. The molecule has 0 aromatic carbocycles. The summed E-state index contributed by atoms with van der Waals surface area (Å²) in [4.78, 5) is 11.6. The van der Waals surface area contributed by atoms with Crippen LogP contribution in [0.15, 0.2) is 0 Å². The van der Waals surface area contributed by atoms with Crippen molar-refractivity contribution in [1.82, 2.24) is 5.32 Å². The van der Waals surface area contributed by atoms with Crippen molar-refractivity contribution >= 4 is 5.91 Å². The molecule has 2 fully saturated rings. The summed E-state index contributed by atoms with van der Waals surface area (Å²) < 4.78 is 16.1. The number of hydrogen-bond donors (Lipinski definition) is 3. The van der Waals surface area contributed by atoms with Gasteiger partial charge in [-0.1, -0.05) is 0 Å². The van der Waals surface area contributed by atoms with Gasteiger partial charge in [-0.2, -0.15) is 0 Å². The molecule has 0 radical (unpaired) electrons. The van der Waals surface area contributed by atoms with Gasteiger partial charge in [-0.05, 0) is 0 Å². The van der Waals surface area contributed by atoms with Crippen LogP contribution in [0.2, 0.25) is 0 Å². The number of aliphatic hydroxyl groups excluding tert-OH is 1. The van der Waals surface area contributed by atoms with Crippen molar-refractivity contribution in [2.45, 2.75) is 43.4 Å². The minimum Gasteiger partial charge on any atom is -0.388 e. The monoisotopic (exact) mass is 274 g/mol. The number of aliphatic hydroxyl groups is 1. The first kappa shape index (κ1) is 14.7. The first-order chi connectivity index (χ1) is 9.15. The molecule has 2 aliphatic heterocycles. The van der Waals surface area contributed by atoms with Gasteiger partial charge in [0.2, 0.25) is 5.91 Å². The molecule has 5 unspecified atom stereocenters. The number of carbonyl (C=O) groups excluding carboxylic acids is 1. The van der Waals surface area contributed by atoms with Crippen LogP contribution in [0.5, 0.6) is 0 Å². The van der Waals surface area contributed by atoms with Gasteiger partial charge >= 0.3 is 0 Å². The number of nitrogens with one attached hydrogen (secondary N) is 1. The molecule has 19 heavy (non-hydrogen) atoms. The van der Waals surface area contributed by atoms with Crippen LogP contribution in [-0.4, -0.2) is 68.3 Å². The van der Waals surface area contributed by atoms with E-state index in [0.717, 1.165) is 0 Å². The van der Waals surface area contributed by atoms with Gasteiger partial charge in [-0.15, -0.1) is 0 Å². The van der Waals surface area contributed by atoms with Crippen LogP contribution < -0.4 is 11.1 Å². The summed E-state index contributed by atoms with van der Waals surface area (Å²) in [6.45, 7) is 1.26. The molecule has 7 heteroatoms. The average molecular weight is 274 g/mol. The van der Waals surface area contributed by atoms with Crippen LogP contribution in [0.25, 0.3) is 0 Å². The molecule has 2 saturated heterocycles. The number of methoxy groups -OCH3 is 1. The lowest BCUT2D eigenvalue weighted by Gasteiger charge is -2.18. The zero-order chi connectivity index (χ0) is 13.8. The van der Waals surface area contributed by atoms with Gasteiger partial charge in [-0.3, -0.25) is 4.79 Å². The van der Waals surface area contributed by atoms with Crippen LogP contribution in [0.3, 0.4) is 0 Å². The summed E-state index contributed by atoms with van der Waals surface area (Å²) in [5, 5.41) is 12.7. The largest absolute Gasteiger partial charge is 0.388 e. The highest BCUT2D eigenvalue weighted by Gasteiger charge is 2.50. The van der Waals surface area contributed by atoms with E-state index in [2.05, 4.69) is 5.32 Å². The van der Waals surface area contributed by atoms with Crippen molar-refractivity contribution in [3.05, 3.63) is 0 Å². The third-order valence-electron chi connectivity index (χ3n) is 3.55. The van der Waals surface area contributed by atoms with Gasteiger partial charge in [-0.25, -0.2) is 0 Å². The Hall–Kier alpha value is -0.730. The first-order valence-electron chi connectivity index (χ1n) is 6.60. The fourth-order valence-electron chi connectivity index (χ4n) is 2.61. The van der Waals surface area contributed by atoms with Crippen molar-refractivity contribution in [3.63, 3.8) is 0 Å². The highest BCUT2D eigenvalue weighted by molar-refractivity contribution is 5.76. The van der Waals surface area contributed by atoms with E-state index in [1.165, 1.54) is 0 Å². The van der Waals surface area contributed by atoms with E-state index in [9.17, 15) is 9.90 Å². The number of ether oxygens (including phenoxy) is 3. The maximum Gasteiger partial charge on any atom is 0.222 e. The minimum atomic E-state index is -0.698. The van der Waals surface area contributed by atoms with Crippen LogP contribution in [0, 0.1) is 0 Å².